The number of ether oxygens (including phenoxy) is 2. The van der Waals surface area contributed by atoms with Gasteiger partial charge < -0.3 is 9.47 Å². The van der Waals surface area contributed by atoms with Crippen molar-refractivity contribution in [3.8, 4) is 11.6 Å². The van der Waals surface area contributed by atoms with Gasteiger partial charge in [0.25, 0.3) is 0 Å². The third kappa shape index (κ3) is 5.76. The minimum atomic E-state index is -0.628. The van der Waals surface area contributed by atoms with Gasteiger partial charge in [-0.2, -0.15) is 5.06 Å². The van der Waals surface area contributed by atoms with Gasteiger partial charge in [0.2, 0.25) is 10.8 Å². The molecule has 0 atom stereocenters. The van der Waals surface area contributed by atoms with Crippen molar-refractivity contribution < 1.29 is 19.1 Å². The van der Waals surface area contributed by atoms with Gasteiger partial charge in [0.15, 0.2) is 0 Å². The normalized spacial score (nSPS) is 10.8. The van der Waals surface area contributed by atoms with Crippen LogP contribution in [0.2, 0.25) is 5.02 Å². The molecule has 0 unspecified atom stereocenters. The highest BCUT2D eigenvalue weighted by Crippen LogP contribution is 2.27. The molecule has 0 bridgehead atoms. The Morgan fingerprint density at radius 3 is 2.60 bits per heavy atom. The third-order valence-electron chi connectivity index (χ3n) is 5.92. The van der Waals surface area contributed by atoms with E-state index in [0.29, 0.717) is 16.6 Å². The average molecular weight is 577 g/mol. The Labute approximate surface area is 238 Å². The van der Waals surface area contributed by atoms with Crippen molar-refractivity contribution in [2.75, 3.05) is 19.3 Å². The predicted molar refractivity (Wildman–Crippen MR) is 154 cm³/mol. The number of rotatable bonds is 6. The highest BCUT2D eigenvalue weighted by molar-refractivity contribution is 7.23. The van der Waals surface area contributed by atoms with E-state index in [0.717, 1.165) is 21.3 Å². The summed E-state index contributed by atoms with van der Waals surface area (Å²) in [5.41, 5.74) is 4.64. The summed E-state index contributed by atoms with van der Waals surface area (Å²) in [6, 6.07) is 22.6. The molecule has 204 valence electrons. The Balaban J connectivity index is 0.000000204. The zero-order valence-electron chi connectivity index (χ0n) is 21.9. The minimum absolute atomic E-state index is 0.199. The second-order valence-corrected chi connectivity index (χ2v) is 9.89. The van der Waals surface area contributed by atoms with E-state index in [1.807, 2.05) is 28.7 Å². The average Bonchev–Trinajstić information content (AvgIpc) is 3.71. The molecule has 6 aromatic rings. The first kappa shape index (κ1) is 27.1. The monoisotopic (exact) mass is 576 g/mol. The molecule has 3 heterocycles. The molecule has 0 aliphatic rings. The van der Waals surface area contributed by atoms with E-state index >= 15 is 0 Å². The van der Waals surface area contributed by atoms with Crippen LogP contribution in [0.3, 0.4) is 0 Å². The number of fused-ring (bicyclic) bond motifs is 3. The molecule has 0 N–H and O–H groups in total. The maximum atomic E-state index is 11.9. The van der Waals surface area contributed by atoms with Crippen molar-refractivity contribution in [2.24, 2.45) is 0 Å². The Morgan fingerprint density at radius 2 is 1.82 bits per heavy atom. The van der Waals surface area contributed by atoms with E-state index < -0.39 is 6.09 Å². The van der Waals surface area contributed by atoms with Crippen LogP contribution in [-0.4, -0.2) is 44.7 Å². The van der Waals surface area contributed by atoms with E-state index in [-0.39, 0.29) is 6.61 Å². The van der Waals surface area contributed by atoms with E-state index in [4.69, 9.17) is 25.9 Å². The lowest BCUT2D eigenvalue weighted by Gasteiger charge is -2.20. The van der Waals surface area contributed by atoms with Crippen LogP contribution in [-0.2, 0) is 16.2 Å². The topological polar surface area (TPSA) is 96.0 Å². The first-order chi connectivity index (χ1) is 19.5. The Hall–Kier alpha value is -4.45. The van der Waals surface area contributed by atoms with Crippen molar-refractivity contribution in [1.82, 2.24) is 24.4 Å². The molecule has 0 saturated carbocycles. The molecule has 0 aliphatic heterocycles. The number of hydroxylamine groups is 1. The number of thiazole rings is 1. The first-order valence-corrected chi connectivity index (χ1v) is 13.3. The largest absolute Gasteiger partial charge is 0.472 e. The van der Waals surface area contributed by atoms with Gasteiger partial charge in [0.05, 0.1) is 35.8 Å². The number of aryl methyl sites for hydroxylation is 1. The lowest BCUT2D eigenvalue weighted by molar-refractivity contribution is 0.115. The second kappa shape index (κ2) is 12.2. The van der Waals surface area contributed by atoms with Crippen LogP contribution in [0.1, 0.15) is 11.1 Å². The fourth-order valence-corrected chi connectivity index (χ4v) is 5.18. The molecule has 6 rings (SSSR count). The van der Waals surface area contributed by atoms with Crippen LogP contribution < -0.4 is 9.80 Å². The molecule has 40 heavy (non-hydrogen) atoms. The van der Waals surface area contributed by atoms with Crippen LogP contribution in [0.25, 0.3) is 20.9 Å². The summed E-state index contributed by atoms with van der Waals surface area (Å²) in [7, 11) is 2.68. The van der Waals surface area contributed by atoms with Gasteiger partial charge in [0, 0.05) is 22.8 Å². The summed E-state index contributed by atoms with van der Waals surface area (Å²) in [5.74, 6) is 0.446. The smallest absolute Gasteiger partial charge is 0.438 e. The summed E-state index contributed by atoms with van der Waals surface area (Å²) >= 11 is 7.58. The zero-order chi connectivity index (χ0) is 28.1. The van der Waals surface area contributed by atoms with Crippen molar-refractivity contribution in [3.63, 3.8) is 0 Å². The zero-order valence-corrected chi connectivity index (χ0v) is 23.5. The Morgan fingerprint density at radius 1 is 1.02 bits per heavy atom. The van der Waals surface area contributed by atoms with Crippen LogP contribution in [0.15, 0.2) is 85.3 Å². The lowest BCUT2D eigenvalue weighted by Crippen LogP contribution is -2.30. The van der Waals surface area contributed by atoms with Crippen LogP contribution in [0.4, 0.5) is 10.5 Å². The Bertz CT molecular complexity index is 1750. The van der Waals surface area contributed by atoms with E-state index in [2.05, 4.69) is 40.4 Å². The first-order valence-electron chi connectivity index (χ1n) is 12.1. The summed E-state index contributed by atoms with van der Waals surface area (Å²) in [4.78, 5) is 18.0. The summed E-state index contributed by atoms with van der Waals surface area (Å²) in [6.45, 7) is 2.30. The van der Waals surface area contributed by atoms with Gasteiger partial charge >= 0.3 is 6.09 Å². The van der Waals surface area contributed by atoms with Gasteiger partial charge in [0.1, 0.15) is 12.9 Å². The number of carbonyl (C=O) groups excluding carboxylic acids is 1. The van der Waals surface area contributed by atoms with E-state index in [9.17, 15) is 4.79 Å². The molecule has 0 saturated heterocycles. The molecule has 0 aliphatic carbocycles. The van der Waals surface area contributed by atoms with Gasteiger partial charge in [-0.3, -0.25) is 9.24 Å². The molecule has 0 radical (unpaired) electrons. The van der Waals surface area contributed by atoms with Crippen LogP contribution >= 0.6 is 22.9 Å². The molecular weight excluding hydrogens is 552 g/mol. The summed E-state index contributed by atoms with van der Waals surface area (Å²) in [6.07, 6.45) is 2.93. The van der Waals surface area contributed by atoms with Crippen molar-refractivity contribution >= 4 is 49.9 Å². The van der Waals surface area contributed by atoms with Gasteiger partial charge in [-0.1, -0.05) is 53.3 Å². The van der Waals surface area contributed by atoms with Crippen LogP contribution in [0.5, 0.6) is 5.88 Å². The number of halogens is 1. The van der Waals surface area contributed by atoms with Crippen molar-refractivity contribution in [3.05, 3.63) is 101 Å². The number of benzene rings is 3. The number of hydrogen-bond acceptors (Lipinski definition) is 8. The standard InChI is InChI=1S/C19H18ClN3O4.C9H7N3S/c1-25-19(24)23(26-2)17-6-4-3-5-14(17)13-27-18-11-12-22(21-18)16-9-7-15(20)8-10-16;1-6-3-2-4-7-8(6)12-5-10-11-9(12)13-7/h3-12H,13H2,1-2H3;2-5H,1H3. The number of methoxy groups -OCH3 is 1. The Kier molecular flexibility index (Phi) is 8.25. The molecule has 1 amide bonds. The van der Waals surface area contributed by atoms with E-state index in [1.165, 1.54) is 30.0 Å². The number of amides is 1. The fourth-order valence-electron chi connectivity index (χ4n) is 4.03. The predicted octanol–water partition coefficient (Wildman–Crippen LogP) is 6.49. The third-order valence-corrected chi connectivity index (χ3v) is 7.19. The molecule has 12 heteroatoms. The van der Waals surface area contributed by atoms with Gasteiger partial charge in [-0.25, -0.2) is 9.48 Å². The summed E-state index contributed by atoms with van der Waals surface area (Å²) in [5, 5.41) is 14.0. The number of nitrogens with zero attached hydrogens (tertiary/aromatic N) is 6. The maximum absolute atomic E-state index is 11.9. The highest BCUT2D eigenvalue weighted by atomic mass is 35.5. The number of para-hydroxylation sites is 2. The molecule has 3 aromatic carbocycles. The lowest BCUT2D eigenvalue weighted by atomic mass is 10.2. The maximum Gasteiger partial charge on any atom is 0.438 e. The summed E-state index contributed by atoms with van der Waals surface area (Å²) < 4.78 is 15.5. The molecular formula is C28H25ClN6O4S. The molecule has 0 fully saturated rings. The molecule has 0 spiro atoms. The number of carbonyl (C=O) groups is 1. The van der Waals surface area contributed by atoms with Crippen molar-refractivity contribution in [2.45, 2.75) is 13.5 Å². The van der Waals surface area contributed by atoms with E-state index in [1.54, 1.807) is 58.9 Å². The number of hydrogen-bond donors (Lipinski definition) is 0. The molecule has 10 nitrogen and oxygen atoms in total. The van der Waals surface area contributed by atoms with Gasteiger partial charge in [-0.15, -0.1) is 15.3 Å². The van der Waals surface area contributed by atoms with Crippen LogP contribution in [0, 0.1) is 6.92 Å². The minimum Gasteiger partial charge on any atom is -0.472 e. The number of aromatic nitrogens is 5. The molecule has 3 aromatic heterocycles. The SMILES string of the molecule is COC(=O)N(OC)c1ccccc1COc1ccn(-c2ccc(Cl)cc2)n1.Cc1cccc2sc3nncn3c12. The second-order valence-electron chi connectivity index (χ2n) is 8.45. The quantitative estimate of drug-likeness (QED) is 0.209. The highest BCUT2D eigenvalue weighted by Gasteiger charge is 2.19. The fraction of sp³-hybridized carbons (Fsp3) is 0.143. The number of anilines is 1. The van der Waals surface area contributed by atoms with Crippen molar-refractivity contribution in [1.29, 1.82) is 0 Å². The van der Waals surface area contributed by atoms with Gasteiger partial charge in [-0.05, 0) is 48.9 Å².